The second-order valence-electron chi connectivity index (χ2n) is 5.57. The average Bonchev–Trinajstić information content (AvgIpc) is 2.61. The molecule has 0 radical (unpaired) electrons. The van der Waals surface area contributed by atoms with E-state index in [0.717, 1.165) is 17.7 Å². The Morgan fingerprint density at radius 2 is 1.88 bits per heavy atom. The molecular weight excluding hydrogens is 343 g/mol. The first kappa shape index (κ1) is 19.4. The Balaban J connectivity index is 1.76. The van der Waals surface area contributed by atoms with Crippen LogP contribution in [0.15, 0.2) is 48.5 Å². The highest BCUT2D eigenvalue weighted by atomic mass is 19.4. The minimum Gasteiger partial charge on any atom is -0.445 e. The molecule has 0 saturated carbocycles. The highest BCUT2D eigenvalue weighted by molar-refractivity contribution is 5.67. The number of hydrogen-bond donors (Lipinski definition) is 1. The number of carbonyl (C=O) groups excluding carboxylic acids is 1. The van der Waals surface area contributed by atoms with Gasteiger partial charge in [-0.25, -0.2) is 4.79 Å². The fraction of sp³-hybridized carbons (Fsp3) is 0.250. The fourth-order valence-corrected chi connectivity index (χ4v) is 2.14. The summed E-state index contributed by atoms with van der Waals surface area (Å²) < 4.78 is 42.9. The van der Waals surface area contributed by atoms with Gasteiger partial charge in [0.1, 0.15) is 6.61 Å². The monoisotopic (exact) mass is 361 g/mol. The highest BCUT2D eigenvalue weighted by Gasteiger charge is 2.30. The van der Waals surface area contributed by atoms with E-state index in [1.54, 1.807) is 6.92 Å². The van der Waals surface area contributed by atoms with Crippen LogP contribution in [0, 0.1) is 18.8 Å². The molecule has 0 bridgehead atoms. The predicted molar refractivity (Wildman–Crippen MR) is 92.3 cm³/mol. The topological polar surface area (TPSA) is 38.3 Å². The van der Waals surface area contributed by atoms with E-state index in [4.69, 9.17) is 4.74 Å². The van der Waals surface area contributed by atoms with Crippen molar-refractivity contribution in [1.29, 1.82) is 0 Å². The number of hydrogen-bond acceptors (Lipinski definition) is 2. The zero-order valence-corrected chi connectivity index (χ0v) is 14.2. The quantitative estimate of drug-likeness (QED) is 0.634. The van der Waals surface area contributed by atoms with Crippen molar-refractivity contribution in [2.24, 2.45) is 0 Å². The van der Waals surface area contributed by atoms with Gasteiger partial charge in [-0.15, -0.1) is 0 Å². The lowest BCUT2D eigenvalue weighted by atomic mass is 10.1. The normalized spacial score (nSPS) is 10.6. The third-order valence-corrected chi connectivity index (χ3v) is 3.51. The van der Waals surface area contributed by atoms with Crippen molar-refractivity contribution in [3.05, 3.63) is 70.8 Å². The largest absolute Gasteiger partial charge is 0.445 e. The molecule has 0 unspecified atom stereocenters. The summed E-state index contributed by atoms with van der Waals surface area (Å²) in [5.41, 5.74) is 1.19. The Hall–Kier alpha value is -2.94. The predicted octanol–water partition coefficient (Wildman–Crippen LogP) is 4.68. The van der Waals surface area contributed by atoms with Crippen LogP contribution in [-0.2, 0) is 17.5 Å². The van der Waals surface area contributed by atoms with E-state index in [1.165, 1.54) is 6.07 Å². The smallest absolute Gasteiger partial charge is 0.416 e. The second-order valence-corrected chi connectivity index (χ2v) is 5.57. The van der Waals surface area contributed by atoms with E-state index in [1.807, 2.05) is 30.3 Å². The minimum atomic E-state index is -4.36. The maximum absolute atomic E-state index is 12.6. The van der Waals surface area contributed by atoms with Crippen molar-refractivity contribution in [2.75, 3.05) is 6.54 Å². The van der Waals surface area contributed by atoms with E-state index in [2.05, 4.69) is 17.2 Å². The molecule has 1 amide bonds. The number of ether oxygens (including phenoxy) is 1. The molecule has 1 N–H and O–H groups in total. The molecule has 2 aromatic rings. The standard InChI is InChI=1S/C20H18F3NO2/c1-15-13-18(20(21,22)23)11-10-17(15)9-5-6-12-24-19(25)26-14-16-7-3-2-4-8-16/h2-4,7-8,10-11,13H,6,12,14H2,1H3,(H,24,25). The van der Waals surface area contributed by atoms with Crippen LogP contribution in [0.1, 0.15) is 28.7 Å². The molecule has 2 rings (SSSR count). The molecule has 0 aromatic heterocycles. The molecular formula is C20H18F3NO2. The molecule has 0 aliphatic heterocycles. The SMILES string of the molecule is Cc1cc(C(F)(F)F)ccc1C#CCCNC(=O)OCc1ccccc1. The van der Waals surface area contributed by atoms with Crippen molar-refractivity contribution in [1.82, 2.24) is 5.32 Å². The van der Waals surface area contributed by atoms with Crippen LogP contribution in [0.2, 0.25) is 0 Å². The van der Waals surface area contributed by atoms with E-state index in [0.29, 0.717) is 24.1 Å². The molecule has 6 heteroatoms. The van der Waals surface area contributed by atoms with Gasteiger partial charge in [0.25, 0.3) is 0 Å². The van der Waals surface area contributed by atoms with Gasteiger partial charge in [-0.3, -0.25) is 0 Å². The molecule has 0 fully saturated rings. The van der Waals surface area contributed by atoms with Gasteiger partial charge < -0.3 is 10.1 Å². The maximum atomic E-state index is 12.6. The van der Waals surface area contributed by atoms with Crippen molar-refractivity contribution in [3.63, 3.8) is 0 Å². The van der Waals surface area contributed by atoms with Crippen LogP contribution >= 0.6 is 0 Å². The Morgan fingerprint density at radius 1 is 1.15 bits per heavy atom. The van der Waals surface area contributed by atoms with E-state index >= 15 is 0 Å². The lowest BCUT2D eigenvalue weighted by Gasteiger charge is -2.08. The third-order valence-electron chi connectivity index (χ3n) is 3.51. The Morgan fingerprint density at radius 3 is 2.54 bits per heavy atom. The summed E-state index contributed by atoms with van der Waals surface area (Å²) in [6.45, 7) is 2.06. The lowest BCUT2D eigenvalue weighted by molar-refractivity contribution is -0.137. The van der Waals surface area contributed by atoms with Crippen molar-refractivity contribution >= 4 is 6.09 Å². The first-order chi connectivity index (χ1) is 12.4. The van der Waals surface area contributed by atoms with E-state index in [9.17, 15) is 18.0 Å². The molecule has 0 spiro atoms. The van der Waals surface area contributed by atoms with Crippen LogP contribution in [0.5, 0.6) is 0 Å². The summed E-state index contributed by atoms with van der Waals surface area (Å²) in [5.74, 6) is 5.64. The van der Waals surface area contributed by atoms with Crippen molar-refractivity contribution in [2.45, 2.75) is 26.1 Å². The van der Waals surface area contributed by atoms with E-state index < -0.39 is 17.8 Å². The second kappa shape index (κ2) is 8.95. The summed E-state index contributed by atoms with van der Waals surface area (Å²) in [6.07, 6.45) is -4.54. The van der Waals surface area contributed by atoms with Crippen molar-refractivity contribution < 1.29 is 22.7 Å². The molecule has 26 heavy (non-hydrogen) atoms. The highest BCUT2D eigenvalue weighted by Crippen LogP contribution is 2.30. The number of halogens is 3. The molecule has 136 valence electrons. The van der Waals surface area contributed by atoms with Gasteiger partial charge in [0, 0.05) is 18.5 Å². The summed E-state index contributed by atoms with van der Waals surface area (Å²) in [6, 6.07) is 12.7. The average molecular weight is 361 g/mol. The molecule has 0 atom stereocenters. The Kier molecular flexibility index (Phi) is 6.67. The number of nitrogens with one attached hydrogen (secondary N) is 1. The van der Waals surface area contributed by atoms with Gasteiger partial charge in [0.05, 0.1) is 5.56 Å². The molecule has 0 saturated heterocycles. The number of alkyl carbamates (subject to hydrolysis) is 1. The Bertz CT molecular complexity index is 805. The molecule has 0 aliphatic rings. The third kappa shape index (κ3) is 6.17. The van der Waals surface area contributed by atoms with Gasteiger partial charge in [-0.05, 0) is 36.2 Å². The molecule has 0 aliphatic carbocycles. The van der Waals surface area contributed by atoms with Crippen LogP contribution in [-0.4, -0.2) is 12.6 Å². The lowest BCUT2D eigenvalue weighted by Crippen LogP contribution is -2.24. The number of alkyl halides is 3. The molecule has 0 heterocycles. The van der Waals surface area contributed by atoms with Crippen LogP contribution < -0.4 is 5.32 Å². The first-order valence-corrected chi connectivity index (χ1v) is 7.97. The van der Waals surface area contributed by atoms with E-state index in [-0.39, 0.29) is 6.61 Å². The molecule has 3 nitrogen and oxygen atoms in total. The van der Waals surface area contributed by atoms with Crippen LogP contribution in [0.3, 0.4) is 0 Å². The Labute approximate surface area is 150 Å². The zero-order chi connectivity index (χ0) is 19.0. The van der Waals surface area contributed by atoms with Gasteiger partial charge in [-0.1, -0.05) is 42.2 Å². The minimum absolute atomic E-state index is 0.184. The van der Waals surface area contributed by atoms with Crippen molar-refractivity contribution in [3.8, 4) is 11.8 Å². The fourth-order valence-electron chi connectivity index (χ4n) is 2.14. The number of aryl methyl sites for hydroxylation is 1. The number of amides is 1. The summed E-state index contributed by atoms with van der Waals surface area (Å²) in [5, 5.41) is 2.57. The molecule has 2 aromatic carbocycles. The van der Waals surface area contributed by atoms with Gasteiger partial charge in [0.2, 0.25) is 0 Å². The first-order valence-electron chi connectivity index (χ1n) is 7.97. The maximum Gasteiger partial charge on any atom is 0.416 e. The number of benzene rings is 2. The van der Waals surface area contributed by atoms with Gasteiger partial charge >= 0.3 is 12.3 Å². The van der Waals surface area contributed by atoms with Gasteiger partial charge in [-0.2, -0.15) is 13.2 Å². The van der Waals surface area contributed by atoms with Crippen LogP contribution in [0.25, 0.3) is 0 Å². The van der Waals surface area contributed by atoms with Crippen LogP contribution in [0.4, 0.5) is 18.0 Å². The number of carbonyl (C=O) groups is 1. The van der Waals surface area contributed by atoms with Gasteiger partial charge in [0.15, 0.2) is 0 Å². The summed E-state index contributed by atoms with van der Waals surface area (Å²) in [7, 11) is 0. The summed E-state index contributed by atoms with van der Waals surface area (Å²) >= 11 is 0. The number of rotatable bonds is 4. The summed E-state index contributed by atoms with van der Waals surface area (Å²) in [4.78, 5) is 11.5. The zero-order valence-electron chi connectivity index (χ0n) is 14.2.